The first-order chi connectivity index (χ1) is 6.18. The van der Waals surface area contributed by atoms with Crippen LogP contribution in [0.15, 0.2) is 18.5 Å². The van der Waals surface area contributed by atoms with Gasteiger partial charge in [-0.1, -0.05) is 0 Å². The minimum absolute atomic E-state index is 0.0185. The van der Waals surface area contributed by atoms with Crippen molar-refractivity contribution in [1.29, 1.82) is 0 Å². The van der Waals surface area contributed by atoms with E-state index in [-0.39, 0.29) is 5.69 Å². The summed E-state index contributed by atoms with van der Waals surface area (Å²) in [6.45, 7) is 0. The zero-order valence-corrected chi connectivity index (χ0v) is 8.48. The first-order valence-corrected chi connectivity index (χ1v) is 4.53. The summed E-state index contributed by atoms with van der Waals surface area (Å²) in [6.07, 6.45) is 3.01. The average Bonchev–Trinajstić information content (AvgIpc) is 2.47. The molecule has 66 valence electrons. The van der Waals surface area contributed by atoms with Crippen molar-refractivity contribution in [3.63, 3.8) is 0 Å². The SMILES string of the molecule is O=[N+]([O-])c1cnc2[nH]cc(I)c2c1. The van der Waals surface area contributed by atoms with E-state index in [1.54, 1.807) is 6.20 Å². The summed E-state index contributed by atoms with van der Waals surface area (Å²) in [7, 11) is 0. The van der Waals surface area contributed by atoms with Crippen molar-refractivity contribution in [2.24, 2.45) is 0 Å². The summed E-state index contributed by atoms with van der Waals surface area (Å²) < 4.78 is 0.934. The Hall–Kier alpha value is -1.18. The molecule has 1 N–H and O–H groups in total. The van der Waals surface area contributed by atoms with E-state index >= 15 is 0 Å². The van der Waals surface area contributed by atoms with E-state index in [1.807, 2.05) is 0 Å². The molecule has 0 atom stereocenters. The molecule has 0 spiro atoms. The van der Waals surface area contributed by atoms with Gasteiger partial charge in [-0.2, -0.15) is 0 Å². The molecular weight excluding hydrogens is 285 g/mol. The van der Waals surface area contributed by atoms with Gasteiger partial charge in [-0.3, -0.25) is 10.1 Å². The maximum absolute atomic E-state index is 10.4. The molecule has 0 aliphatic heterocycles. The highest BCUT2D eigenvalue weighted by molar-refractivity contribution is 14.1. The van der Waals surface area contributed by atoms with Gasteiger partial charge >= 0.3 is 0 Å². The van der Waals surface area contributed by atoms with Crippen LogP contribution in [0.1, 0.15) is 0 Å². The van der Waals surface area contributed by atoms with Crippen LogP contribution in [0.25, 0.3) is 11.0 Å². The van der Waals surface area contributed by atoms with E-state index in [2.05, 4.69) is 32.6 Å². The largest absolute Gasteiger partial charge is 0.345 e. The van der Waals surface area contributed by atoms with E-state index in [0.29, 0.717) is 5.65 Å². The molecule has 0 saturated heterocycles. The zero-order valence-electron chi connectivity index (χ0n) is 6.32. The minimum Gasteiger partial charge on any atom is -0.345 e. The molecule has 13 heavy (non-hydrogen) atoms. The summed E-state index contributed by atoms with van der Waals surface area (Å²) in [5.74, 6) is 0. The van der Waals surface area contributed by atoms with E-state index in [9.17, 15) is 10.1 Å². The summed E-state index contributed by atoms with van der Waals surface area (Å²) in [5, 5.41) is 11.2. The van der Waals surface area contributed by atoms with Crippen LogP contribution in [-0.4, -0.2) is 14.9 Å². The number of halogens is 1. The Balaban J connectivity index is 2.72. The quantitative estimate of drug-likeness (QED) is 0.496. The first kappa shape index (κ1) is 8.42. The molecule has 0 fully saturated rings. The van der Waals surface area contributed by atoms with Gasteiger partial charge in [0.05, 0.1) is 4.92 Å². The first-order valence-electron chi connectivity index (χ1n) is 3.45. The van der Waals surface area contributed by atoms with Crippen molar-refractivity contribution in [3.8, 4) is 0 Å². The second-order valence-corrected chi connectivity index (χ2v) is 3.65. The topological polar surface area (TPSA) is 71.8 Å². The second kappa shape index (κ2) is 2.95. The summed E-state index contributed by atoms with van der Waals surface area (Å²) in [6, 6.07) is 1.51. The smallest absolute Gasteiger partial charge is 0.288 e. The summed E-state index contributed by atoms with van der Waals surface area (Å²) in [4.78, 5) is 16.8. The maximum atomic E-state index is 10.4. The third kappa shape index (κ3) is 1.37. The number of pyridine rings is 1. The third-order valence-corrected chi connectivity index (χ3v) is 2.57. The normalized spacial score (nSPS) is 10.5. The Morgan fingerprint density at radius 1 is 1.62 bits per heavy atom. The standard InChI is InChI=1S/C7H4IN3O2/c8-6-3-10-7-5(6)1-4(2-9-7)11(12)13/h1-3H,(H,9,10). The van der Waals surface area contributed by atoms with Gasteiger partial charge in [-0.05, 0) is 22.6 Å². The third-order valence-electron chi connectivity index (χ3n) is 1.68. The summed E-state index contributed by atoms with van der Waals surface area (Å²) >= 11 is 2.10. The monoisotopic (exact) mass is 289 g/mol. The van der Waals surface area contributed by atoms with Crippen LogP contribution < -0.4 is 0 Å². The van der Waals surface area contributed by atoms with Crippen molar-refractivity contribution in [2.75, 3.05) is 0 Å². The molecular formula is C7H4IN3O2. The highest BCUT2D eigenvalue weighted by atomic mass is 127. The van der Waals surface area contributed by atoms with Gasteiger partial charge in [0.15, 0.2) is 0 Å². The van der Waals surface area contributed by atoms with Gasteiger partial charge in [0.2, 0.25) is 0 Å². The molecule has 0 radical (unpaired) electrons. The number of hydrogen-bond acceptors (Lipinski definition) is 3. The number of nitrogens with zero attached hydrogens (tertiary/aromatic N) is 2. The van der Waals surface area contributed by atoms with Crippen LogP contribution in [-0.2, 0) is 0 Å². The number of nitro groups is 1. The Morgan fingerprint density at radius 2 is 2.38 bits per heavy atom. The van der Waals surface area contributed by atoms with Crippen molar-refractivity contribution in [3.05, 3.63) is 32.1 Å². The molecule has 5 nitrogen and oxygen atoms in total. The van der Waals surface area contributed by atoms with Gasteiger partial charge < -0.3 is 4.98 Å². The van der Waals surface area contributed by atoms with Crippen molar-refractivity contribution < 1.29 is 4.92 Å². The highest BCUT2D eigenvalue weighted by Crippen LogP contribution is 2.22. The fraction of sp³-hybridized carbons (Fsp3) is 0. The molecule has 0 aromatic carbocycles. The fourth-order valence-electron chi connectivity index (χ4n) is 1.06. The van der Waals surface area contributed by atoms with Crippen LogP contribution >= 0.6 is 22.6 Å². The van der Waals surface area contributed by atoms with Crippen LogP contribution in [0.5, 0.6) is 0 Å². The van der Waals surface area contributed by atoms with E-state index < -0.39 is 4.92 Å². The fourth-order valence-corrected chi connectivity index (χ4v) is 1.63. The molecule has 0 unspecified atom stereocenters. The van der Waals surface area contributed by atoms with E-state index in [0.717, 1.165) is 8.96 Å². The number of aromatic nitrogens is 2. The van der Waals surface area contributed by atoms with Crippen molar-refractivity contribution in [1.82, 2.24) is 9.97 Å². The lowest BCUT2D eigenvalue weighted by molar-refractivity contribution is -0.385. The Labute approximate surface area is 86.5 Å². The van der Waals surface area contributed by atoms with Gasteiger partial charge in [-0.15, -0.1) is 0 Å². The molecule has 2 rings (SSSR count). The minimum atomic E-state index is -0.449. The lowest BCUT2D eigenvalue weighted by Gasteiger charge is -1.91. The molecule has 0 bridgehead atoms. The maximum Gasteiger partial charge on any atom is 0.288 e. The number of fused-ring (bicyclic) bond motifs is 1. The van der Waals surface area contributed by atoms with Crippen molar-refractivity contribution in [2.45, 2.75) is 0 Å². The molecule has 2 heterocycles. The molecule has 0 aliphatic rings. The number of H-pyrrole nitrogens is 1. The van der Waals surface area contributed by atoms with Gasteiger partial charge in [0.1, 0.15) is 11.8 Å². The van der Waals surface area contributed by atoms with E-state index in [1.165, 1.54) is 12.3 Å². The lowest BCUT2D eigenvalue weighted by atomic mass is 10.3. The van der Waals surface area contributed by atoms with Crippen LogP contribution in [0.2, 0.25) is 0 Å². The zero-order chi connectivity index (χ0) is 9.42. The lowest BCUT2D eigenvalue weighted by Crippen LogP contribution is -1.88. The highest BCUT2D eigenvalue weighted by Gasteiger charge is 2.09. The van der Waals surface area contributed by atoms with Gasteiger partial charge in [0, 0.05) is 21.2 Å². The predicted octanol–water partition coefficient (Wildman–Crippen LogP) is 2.08. The second-order valence-electron chi connectivity index (χ2n) is 2.48. The van der Waals surface area contributed by atoms with Gasteiger partial charge in [-0.25, -0.2) is 4.98 Å². The Kier molecular flexibility index (Phi) is 1.91. The number of nitrogens with one attached hydrogen (secondary N) is 1. The van der Waals surface area contributed by atoms with Crippen LogP contribution in [0.3, 0.4) is 0 Å². The molecule has 2 aromatic rings. The molecule has 0 amide bonds. The predicted molar refractivity (Wildman–Crippen MR) is 55.5 cm³/mol. The van der Waals surface area contributed by atoms with Gasteiger partial charge in [0.25, 0.3) is 5.69 Å². The molecule has 0 aliphatic carbocycles. The Bertz CT molecular complexity index is 480. The number of hydrogen-bond donors (Lipinski definition) is 1. The van der Waals surface area contributed by atoms with Crippen LogP contribution in [0, 0.1) is 13.7 Å². The van der Waals surface area contributed by atoms with Crippen molar-refractivity contribution >= 4 is 39.3 Å². The molecule has 2 aromatic heterocycles. The molecule has 0 saturated carbocycles. The molecule has 6 heteroatoms. The van der Waals surface area contributed by atoms with E-state index in [4.69, 9.17) is 0 Å². The average molecular weight is 289 g/mol. The number of aromatic amines is 1. The Morgan fingerprint density at radius 3 is 3.08 bits per heavy atom. The summed E-state index contributed by atoms with van der Waals surface area (Å²) in [5.41, 5.74) is 0.694. The van der Waals surface area contributed by atoms with Crippen LogP contribution in [0.4, 0.5) is 5.69 Å². The number of rotatable bonds is 1.